The van der Waals surface area contributed by atoms with Gasteiger partial charge in [-0.3, -0.25) is 18.8 Å². The Morgan fingerprint density at radius 1 is 0.966 bits per heavy atom. The first-order valence-corrected chi connectivity index (χ1v) is 9.79. The highest BCUT2D eigenvalue weighted by molar-refractivity contribution is 5.69. The summed E-state index contributed by atoms with van der Waals surface area (Å²) in [7, 11) is 3.12. The molecule has 9 heteroatoms. The van der Waals surface area contributed by atoms with E-state index in [4.69, 9.17) is 0 Å². The zero-order valence-corrected chi connectivity index (χ0v) is 16.7. The predicted molar refractivity (Wildman–Crippen MR) is 110 cm³/mol. The van der Waals surface area contributed by atoms with E-state index in [1.54, 1.807) is 13.4 Å². The number of halogens is 1. The highest BCUT2D eigenvalue weighted by atomic mass is 19.1. The summed E-state index contributed by atoms with van der Waals surface area (Å²) in [6, 6.07) is 6.64. The van der Waals surface area contributed by atoms with Gasteiger partial charge in [-0.15, -0.1) is 0 Å². The van der Waals surface area contributed by atoms with Gasteiger partial charge in [0.15, 0.2) is 11.2 Å². The molecule has 0 aliphatic carbocycles. The van der Waals surface area contributed by atoms with Crippen molar-refractivity contribution in [3.63, 3.8) is 0 Å². The zero-order valence-electron chi connectivity index (χ0n) is 16.7. The van der Waals surface area contributed by atoms with Gasteiger partial charge in [0.05, 0.1) is 6.33 Å². The van der Waals surface area contributed by atoms with Crippen molar-refractivity contribution in [2.24, 2.45) is 14.1 Å². The number of aryl methyl sites for hydroxylation is 2. The second kappa shape index (κ2) is 7.82. The van der Waals surface area contributed by atoms with Crippen LogP contribution in [0.2, 0.25) is 0 Å². The molecule has 8 nitrogen and oxygen atoms in total. The fourth-order valence-corrected chi connectivity index (χ4v) is 3.91. The number of imidazole rings is 1. The Balaban J connectivity index is 1.35. The van der Waals surface area contributed by atoms with E-state index in [9.17, 15) is 14.0 Å². The molecule has 1 aliphatic heterocycles. The van der Waals surface area contributed by atoms with Crippen molar-refractivity contribution in [1.82, 2.24) is 23.6 Å². The average molecular weight is 400 g/mol. The van der Waals surface area contributed by atoms with Gasteiger partial charge < -0.3 is 9.47 Å². The average Bonchev–Trinajstić information content (AvgIpc) is 3.16. The van der Waals surface area contributed by atoms with Gasteiger partial charge in [0.2, 0.25) is 0 Å². The second-order valence-electron chi connectivity index (χ2n) is 7.47. The molecule has 154 valence electrons. The number of nitrogens with zero attached hydrogens (tertiary/aromatic N) is 6. The summed E-state index contributed by atoms with van der Waals surface area (Å²) in [6.07, 6.45) is 2.52. The summed E-state index contributed by atoms with van der Waals surface area (Å²) < 4.78 is 17.5. The lowest BCUT2D eigenvalue weighted by Crippen LogP contribution is -2.46. The third-order valence-corrected chi connectivity index (χ3v) is 5.65. The molecule has 3 heterocycles. The molecule has 29 heavy (non-hydrogen) atoms. The quantitative estimate of drug-likeness (QED) is 0.633. The van der Waals surface area contributed by atoms with Crippen molar-refractivity contribution in [3.05, 3.63) is 57.2 Å². The first-order valence-electron chi connectivity index (χ1n) is 9.79. The number of rotatable bonds is 5. The predicted octanol–water partition coefficient (Wildman–Crippen LogP) is 0.785. The highest BCUT2D eigenvalue weighted by Gasteiger charge is 2.18. The first-order chi connectivity index (χ1) is 14.0. The SMILES string of the molecule is Cn1c(=O)c2c(ncn2CCCN2CCN(c3ccc(F)cc3)CC2)n(C)c1=O. The highest BCUT2D eigenvalue weighted by Crippen LogP contribution is 2.17. The maximum atomic E-state index is 13.1. The van der Waals surface area contributed by atoms with Crippen molar-refractivity contribution in [1.29, 1.82) is 0 Å². The topological polar surface area (TPSA) is 68.3 Å². The van der Waals surface area contributed by atoms with Crippen LogP contribution in [0.25, 0.3) is 11.2 Å². The number of aromatic nitrogens is 4. The molecule has 0 radical (unpaired) electrons. The molecular formula is C20H25FN6O2. The van der Waals surface area contributed by atoms with Gasteiger partial charge in [-0.05, 0) is 37.2 Å². The number of benzene rings is 1. The molecule has 3 aromatic rings. The number of hydrogen-bond acceptors (Lipinski definition) is 5. The standard InChI is InChI=1S/C20H25FN6O2/c1-23-18-17(19(28)24(2)20(23)29)27(14-22-18)9-3-8-25-10-12-26(13-11-25)16-6-4-15(21)5-7-16/h4-7,14H,3,8-13H2,1-2H3. The van der Waals surface area contributed by atoms with Gasteiger partial charge in [0.1, 0.15) is 5.82 Å². The molecule has 0 saturated carbocycles. The Bertz CT molecular complexity index is 1120. The largest absolute Gasteiger partial charge is 0.369 e. The smallest absolute Gasteiger partial charge is 0.332 e. The van der Waals surface area contributed by atoms with Gasteiger partial charge in [0, 0.05) is 52.5 Å². The molecule has 1 fully saturated rings. The van der Waals surface area contributed by atoms with E-state index in [1.807, 2.05) is 16.7 Å². The molecule has 1 aliphatic rings. The number of piperazine rings is 1. The van der Waals surface area contributed by atoms with E-state index >= 15 is 0 Å². The van der Waals surface area contributed by atoms with E-state index in [-0.39, 0.29) is 17.1 Å². The lowest BCUT2D eigenvalue weighted by Gasteiger charge is -2.36. The second-order valence-corrected chi connectivity index (χ2v) is 7.47. The Kier molecular flexibility index (Phi) is 5.23. The lowest BCUT2D eigenvalue weighted by atomic mass is 10.2. The van der Waals surface area contributed by atoms with Gasteiger partial charge in [-0.2, -0.15) is 0 Å². The monoisotopic (exact) mass is 400 g/mol. The third kappa shape index (κ3) is 3.69. The Hall–Kier alpha value is -2.94. The van der Waals surface area contributed by atoms with Crippen molar-refractivity contribution in [2.75, 3.05) is 37.6 Å². The molecule has 2 aromatic heterocycles. The Labute approximate surface area is 167 Å². The van der Waals surface area contributed by atoms with Crippen LogP contribution in [-0.2, 0) is 20.6 Å². The van der Waals surface area contributed by atoms with Gasteiger partial charge in [-0.25, -0.2) is 14.2 Å². The zero-order chi connectivity index (χ0) is 20.5. The molecule has 0 atom stereocenters. The summed E-state index contributed by atoms with van der Waals surface area (Å²) in [5, 5.41) is 0. The first kappa shape index (κ1) is 19.4. The van der Waals surface area contributed by atoms with E-state index in [0.717, 1.165) is 49.4 Å². The third-order valence-electron chi connectivity index (χ3n) is 5.65. The minimum atomic E-state index is -0.369. The summed E-state index contributed by atoms with van der Waals surface area (Å²) >= 11 is 0. The maximum Gasteiger partial charge on any atom is 0.332 e. The molecule has 4 rings (SSSR count). The summed E-state index contributed by atoms with van der Waals surface area (Å²) in [5.41, 5.74) is 1.26. The fraction of sp³-hybridized carbons (Fsp3) is 0.450. The van der Waals surface area contributed by atoms with Crippen LogP contribution in [0.1, 0.15) is 6.42 Å². The lowest BCUT2D eigenvalue weighted by molar-refractivity contribution is 0.251. The minimum Gasteiger partial charge on any atom is -0.369 e. The molecule has 1 aromatic carbocycles. The normalized spacial score (nSPS) is 15.3. The van der Waals surface area contributed by atoms with Crippen LogP contribution in [0.5, 0.6) is 0 Å². The van der Waals surface area contributed by atoms with Crippen molar-refractivity contribution >= 4 is 16.9 Å². The van der Waals surface area contributed by atoms with Crippen LogP contribution in [0.4, 0.5) is 10.1 Å². The van der Waals surface area contributed by atoms with E-state index in [0.29, 0.717) is 17.7 Å². The van der Waals surface area contributed by atoms with Crippen LogP contribution >= 0.6 is 0 Å². The molecule has 0 spiro atoms. The summed E-state index contributed by atoms with van der Waals surface area (Å²) in [5.74, 6) is -0.214. The van der Waals surface area contributed by atoms with Crippen LogP contribution in [0.15, 0.2) is 40.2 Å². The van der Waals surface area contributed by atoms with Crippen molar-refractivity contribution in [3.8, 4) is 0 Å². The Morgan fingerprint density at radius 2 is 1.66 bits per heavy atom. The summed E-state index contributed by atoms with van der Waals surface area (Å²) in [6.45, 7) is 5.28. The molecule has 1 saturated heterocycles. The molecule has 0 bridgehead atoms. The van der Waals surface area contributed by atoms with Crippen molar-refractivity contribution in [2.45, 2.75) is 13.0 Å². The van der Waals surface area contributed by atoms with Gasteiger partial charge >= 0.3 is 5.69 Å². The number of hydrogen-bond donors (Lipinski definition) is 0. The van der Waals surface area contributed by atoms with Crippen LogP contribution in [-0.4, -0.2) is 56.3 Å². The molecule has 0 N–H and O–H groups in total. The fourth-order valence-electron chi connectivity index (χ4n) is 3.91. The molecular weight excluding hydrogens is 375 g/mol. The van der Waals surface area contributed by atoms with E-state index in [1.165, 1.54) is 23.7 Å². The minimum absolute atomic E-state index is 0.214. The number of anilines is 1. The van der Waals surface area contributed by atoms with Crippen LogP contribution in [0, 0.1) is 5.82 Å². The van der Waals surface area contributed by atoms with E-state index < -0.39 is 0 Å². The molecule has 0 unspecified atom stereocenters. The summed E-state index contributed by atoms with van der Waals surface area (Å²) in [4.78, 5) is 33.4. The van der Waals surface area contributed by atoms with Crippen molar-refractivity contribution < 1.29 is 4.39 Å². The van der Waals surface area contributed by atoms with Crippen LogP contribution < -0.4 is 16.1 Å². The maximum absolute atomic E-state index is 13.1. The number of fused-ring (bicyclic) bond motifs is 1. The van der Waals surface area contributed by atoms with Gasteiger partial charge in [0.25, 0.3) is 5.56 Å². The Morgan fingerprint density at radius 3 is 2.34 bits per heavy atom. The molecule has 0 amide bonds. The van der Waals surface area contributed by atoms with E-state index in [2.05, 4.69) is 14.8 Å². The van der Waals surface area contributed by atoms with Crippen LogP contribution in [0.3, 0.4) is 0 Å². The van der Waals surface area contributed by atoms with Gasteiger partial charge in [-0.1, -0.05) is 0 Å².